The number of para-hydroxylation sites is 1. The Morgan fingerprint density at radius 1 is 1.11 bits per heavy atom. The van der Waals surface area contributed by atoms with Crippen LogP contribution in [0.2, 0.25) is 0 Å². The number of hydrogen-bond acceptors (Lipinski definition) is 5. The van der Waals surface area contributed by atoms with E-state index in [-0.39, 0.29) is 23.8 Å². The second-order valence-electron chi connectivity index (χ2n) is 6.75. The fourth-order valence-corrected chi connectivity index (χ4v) is 3.42. The van der Waals surface area contributed by atoms with Gasteiger partial charge in [-0.05, 0) is 44.0 Å². The van der Waals surface area contributed by atoms with E-state index in [1.165, 1.54) is 11.0 Å². The molecular weight excluding hydrogens is 361 g/mol. The van der Waals surface area contributed by atoms with Gasteiger partial charge in [0.05, 0.1) is 30.2 Å². The summed E-state index contributed by atoms with van der Waals surface area (Å²) in [6.07, 6.45) is 5.71. The first-order chi connectivity index (χ1) is 13.6. The van der Waals surface area contributed by atoms with Crippen LogP contribution in [0.1, 0.15) is 30.1 Å². The fraction of sp³-hybridized carbons (Fsp3) is 0.300. The lowest BCUT2D eigenvalue weighted by Crippen LogP contribution is -2.49. The molecule has 28 heavy (non-hydrogen) atoms. The zero-order valence-corrected chi connectivity index (χ0v) is 15.4. The highest BCUT2D eigenvalue weighted by Crippen LogP contribution is 2.26. The van der Waals surface area contributed by atoms with Gasteiger partial charge in [0.2, 0.25) is 0 Å². The van der Waals surface area contributed by atoms with Crippen molar-refractivity contribution in [1.82, 2.24) is 24.9 Å². The Morgan fingerprint density at radius 3 is 2.68 bits per heavy atom. The van der Waals surface area contributed by atoms with Crippen molar-refractivity contribution in [1.29, 1.82) is 0 Å². The minimum absolute atomic E-state index is 0.0460. The molecule has 0 saturated carbocycles. The third-order valence-corrected chi connectivity index (χ3v) is 4.89. The molecule has 1 aliphatic rings. The van der Waals surface area contributed by atoms with E-state index in [4.69, 9.17) is 4.74 Å². The number of halogens is 1. The highest BCUT2D eigenvalue weighted by atomic mass is 19.1. The SMILES string of the molecule is C[C@@H]1CC[C@@H](Oc2cccnc2F)CN1C(=O)c1ccccc1-n1nccn1. The van der Waals surface area contributed by atoms with Gasteiger partial charge in [0.15, 0.2) is 5.75 Å². The van der Waals surface area contributed by atoms with Gasteiger partial charge in [-0.3, -0.25) is 4.79 Å². The van der Waals surface area contributed by atoms with Crippen molar-refractivity contribution in [2.24, 2.45) is 0 Å². The predicted octanol–water partition coefficient (Wildman–Crippen LogP) is 2.87. The van der Waals surface area contributed by atoms with Gasteiger partial charge in [-0.15, -0.1) is 0 Å². The summed E-state index contributed by atoms with van der Waals surface area (Å²) in [7, 11) is 0. The smallest absolute Gasteiger partial charge is 0.256 e. The predicted molar refractivity (Wildman–Crippen MR) is 99.7 cm³/mol. The summed E-state index contributed by atoms with van der Waals surface area (Å²) < 4.78 is 19.6. The van der Waals surface area contributed by atoms with Crippen molar-refractivity contribution in [3.05, 3.63) is 66.5 Å². The maximum absolute atomic E-state index is 13.8. The van der Waals surface area contributed by atoms with Crippen LogP contribution < -0.4 is 4.74 Å². The van der Waals surface area contributed by atoms with E-state index >= 15 is 0 Å². The van der Waals surface area contributed by atoms with E-state index in [1.807, 2.05) is 19.1 Å². The first-order valence-corrected chi connectivity index (χ1v) is 9.17. The van der Waals surface area contributed by atoms with Gasteiger partial charge in [0.1, 0.15) is 6.10 Å². The van der Waals surface area contributed by atoms with Crippen LogP contribution in [0.3, 0.4) is 0 Å². The van der Waals surface area contributed by atoms with Crippen molar-refractivity contribution in [2.45, 2.75) is 31.9 Å². The number of rotatable bonds is 4. The quantitative estimate of drug-likeness (QED) is 0.650. The van der Waals surface area contributed by atoms with Crippen molar-refractivity contribution < 1.29 is 13.9 Å². The Labute approximate surface area is 161 Å². The van der Waals surface area contributed by atoms with E-state index in [0.29, 0.717) is 17.8 Å². The van der Waals surface area contributed by atoms with Gasteiger partial charge in [-0.25, -0.2) is 4.98 Å². The molecule has 8 heteroatoms. The van der Waals surface area contributed by atoms with Crippen molar-refractivity contribution in [3.8, 4) is 11.4 Å². The Morgan fingerprint density at radius 2 is 1.89 bits per heavy atom. The molecule has 0 N–H and O–H groups in total. The Hall–Kier alpha value is -3.29. The molecule has 2 atom stereocenters. The summed E-state index contributed by atoms with van der Waals surface area (Å²) in [6.45, 7) is 2.38. The van der Waals surface area contributed by atoms with Crippen LogP contribution in [0.25, 0.3) is 5.69 Å². The van der Waals surface area contributed by atoms with Crippen molar-refractivity contribution >= 4 is 5.91 Å². The number of benzene rings is 1. The number of amides is 1. The van der Waals surface area contributed by atoms with Crippen LogP contribution in [-0.2, 0) is 0 Å². The lowest BCUT2D eigenvalue weighted by molar-refractivity contribution is 0.0373. The molecule has 4 rings (SSSR count). The number of aromatic nitrogens is 4. The lowest BCUT2D eigenvalue weighted by atomic mass is 9.99. The molecule has 1 aliphatic heterocycles. The molecule has 2 aromatic heterocycles. The second-order valence-corrected chi connectivity index (χ2v) is 6.75. The number of hydrogen-bond donors (Lipinski definition) is 0. The molecule has 7 nitrogen and oxygen atoms in total. The molecule has 1 aromatic carbocycles. The highest BCUT2D eigenvalue weighted by Gasteiger charge is 2.32. The lowest BCUT2D eigenvalue weighted by Gasteiger charge is -2.38. The fourth-order valence-electron chi connectivity index (χ4n) is 3.42. The molecule has 0 aliphatic carbocycles. The second kappa shape index (κ2) is 7.75. The van der Waals surface area contributed by atoms with E-state index in [1.54, 1.807) is 41.6 Å². The first kappa shape index (κ1) is 18.1. The normalized spacial score (nSPS) is 19.4. The standard InChI is InChI=1S/C20H20FN5O2/c1-14-8-9-15(28-18-7-4-10-22-19(18)21)13-25(14)20(27)16-5-2-3-6-17(16)26-23-11-12-24-26/h2-7,10-12,14-15H,8-9,13H2,1H3/t14-,15-/m1/s1. The van der Waals surface area contributed by atoms with Crippen LogP contribution in [0.15, 0.2) is 55.0 Å². The molecule has 0 spiro atoms. The number of ether oxygens (including phenoxy) is 1. The largest absolute Gasteiger partial charge is 0.484 e. The first-order valence-electron chi connectivity index (χ1n) is 9.17. The van der Waals surface area contributed by atoms with Crippen LogP contribution in [0.4, 0.5) is 4.39 Å². The van der Waals surface area contributed by atoms with E-state index in [9.17, 15) is 9.18 Å². The molecule has 0 radical (unpaired) electrons. The topological polar surface area (TPSA) is 73.1 Å². The van der Waals surface area contributed by atoms with Crippen molar-refractivity contribution in [3.63, 3.8) is 0 Å². The molecule has 3 aromatic rings. The number of carbonyl (C=O) groups excluding carboxylic acids is 1. The molecule has 1 amide bonds. The van der Waals surface area contributed by atoms with Crippen LogP contribution in [0, 0.1) is 5.95 Å². The minimum atomic E-state index is -0.644. The molecule has 0 bridgehead atoms. The minimum Gasteiger partial charge on any atom is -0.484 e. The number of likely N-dealkylation sites (tertiary alicyclic amines) is 1. The van der Waals surface area contributed by atoms with E-state index in [0.717, 1.165) is 12.8 Å². The summed E-state index contributed by atoms with van der Waals surface area (Å²) in [6, 6.07) is 10.4. The molecule has 1 saturated heterocycles. The Balaban J connectivity index is 1.56. The van der Waals surface area contributed by atoms with Gasteiger partial charge in [0, 0.05) is 12.2 Å². The zero-order valence-electron chi connectivity index (χ0n) is 15.4. The molecule has 144 valence electrons. The van der Waals surface area contributed by atoms with Crippen LogP contribution in [0.5, 0.6) is 5.75 Å². The summed E-state index contributed by atoms with van der Waals surface area (Å²) in [5.74, 6) is -0.662. The molecule has 3 heterocycles. The van der Waals surface area contributed by atoms with Gasteiger partial charge in [-0.1, -0.05) is 12.1 Å². The highest BCUT2D eigenvalue weighted by molar-refractivity contribution is 5.98. The molecular formula is C20H20FN5O2. The van der Waals surface area contributed by atoms with Crippen LogP contribution >= 0.6 is 0 Å². The Kier molecular flexibility index (Phi) is 5.01. The molecule has 0 unspecified atom stereocenters. The van der Waals surface area contributed by atoms with Gasteiger partial charge in [0.25, 0.3) is 11.9 Å². The third kappa shape index (κ3) is 3.58. The van der Waals surface area contributed by atoms with Gasteiger partial charge >= 0.3 is 0 Å². The summed E-state index contributed by atoms with van der Waals surface area (Å²) in [4.78, 5) is 20.1. The number of carbonyl (C=O) groups is 1. The summed E-state index contributed by atoms with van der Waals surface area (Å²) in [5, 5.41) is 8.27. The van der Waals surface area contributed by atoms with Gasteiger partial charge < -0.3 is 9.64 Å². The van der Waals surface area contributed by atoms with Crippen molar-refractivity contribution in [2.75, 3.05) is 6.54 Å². The zero-order chi connectivity index (χ0) is 19.5. The van der Waals surface area contributed by atoms with Crippen LogP contribution in [-0.4, -0.2) is 49.5 Å². The Bertz CT molecular complexity index is 963. The third-order valence-electron chi connectivity index (χ3n) is 4.89. The summed E-state index contributed by atoms with van der Waals surface area (Å²) >= 11 is 0. The molecule has 1 fully saturated rings. The van der Waals surface area contributed by atoms with E-state index < -0.39 is 5.95 Å². The summed E-state index contributed by atoms with van der Waals surface area (Å²) in [5.41, 5.74) is 1.13. The van der Waals surface area contributed by atoms with Gasteiger partial charge in [-0.2, -0.15) is 19.4 Å². The average molecular weight is 381 g/mol. The maximum Gasteiger partial charge on any atom is 0.256 e. The van der Waals surface area contributed by atoms with E-state index in [2.05, 4.69) is 15.2 Å². The number of pyridine rings is 1. The number of nitrogens with zero attached hydrogens (tertiary/aromatic N) is 5. The average Bonchev–Trinajstić information content (AvgIpc) is 3.25. The number of piperidine rings is 1. The monoisotopic (exact) mass is 381 g/mol. The maximum atomic E-state index is 13.8.